The van der Waals surface area contributed by atoms with Gasteiger partial charge in [0.05, 0.1) is 11.2 Å². The highest BCUT2D eigenvalue weighted by Gasteiger charge is 2.41. The molecule has 5 rings (SSSR count). The zero-order valence-corrected chi connectivity index (χ0v) is 18.4. The molecule has 2 aromatic carbocycles. The van der Waals surface area contributed by atoms with Gasteiger partial charge in [-0.2, -0.15) is 4.68 Å². The number of para-hydroxylation sites is 1. The summed E-state index contributed by atoms with van der Waals surface area (Å²) in [6.45, 7) is 7.70. The van der Waals surface area contributed by atoms with Crippen LogP contribution in [0.2, 0.25) is 0 Å². The molecule has 2 heterocycles. The molecule has 0 atom stereocenters. The smallest absolute Gasteiger partial charge is 0.181 e. The number of benzene rings is 2. The monoisotopic (exact) mass is 419 g/mol. The van der Waals surface area contributed by atoms with Crippen molar-refractivity contribution in [3.63, 3.8) is 0 Å². The molecule has 1 fully saturated rings. The maximum Gasteiger partial charge on any atom is 0.181 e. The first-order valence-electron chi connectivity index (χ1n) is 11.1. The third-order valence-corrected chi connectivity index (χ3v) is 6.60. The van der Waals surface area contributed by atoms with E-state index in [1.807, 2.05) is 16.8 Å². The second-order valence-corrected chi connectivity index (χ2v) is 8.90. The molecule has 1 aliphatic heterocycles. The van der Waals surface area contributed by atoms with Crippen LogP contribution in [0.5, 0.6) is 11.5 Å². The molecule has 7 heteroatoms. The van der Waals surface area contributed by atoms with Crippen molar-refractivity contribution in [1.29, 1.82) is 0 Å². The van der Waals surface area contributed by atoms with Crippen LogP contribution in [0.25, 0.3) is 5.69 Å². The molecule has 1 aromatic heterocycles. The molecule has 2 aliphatic rings. The minimum Gasteiger partial charge on any atom is -0.486 e. The first kappa shape index (κ1) is 19.8. The van der Waals surface area contributed by atoms with Crippen LogP contribution in [0.1, 0.15) is 49.6 Å². The fourth-order valence-corrected chi connectivity index (χ4v) is 4.83. The average Bonchev–Trinajstić information content (AvgIpc) is 3.25. The van der Waals surface area contributed by atoms with Gasteiger partial charge in [-0.05, 0) is 79.1 Å². The van der Waals surface area contributed by atoms with E-state index in [1.54, 1.807) is 0 Å². The van der Waals surface area contributed by atoms with Crippen LogP contribution in [-0.2, 0) is 5.54 Å². The highest BCUT2D eigenvalue weighted by atomic mass is 16.6. The third kappa shape index (κ3) is 3.62. The van der Waals surface area contributed by atoms with Gasteiger partial charge in [0.2, 0.25) is 0 Å². The zero-order chi connectivity index (χ0) is 21.4. The number of aromatic nitrogens is 4. The van der Waals surface area contributed by atoms with E-state index in [9.17, 15) is 0 Å². The van der Waals surface area contributed by atoms with Crippen LogP contribution in [0.4, 0.5) is 5.69 Å². The van der Waals surface area contributed by atoms with E-state index in [0.717, 1.165) is 65.5 Å². The van der Waals surface area contributed by atoms with Gasteiger partial charge in [-0.25, -0.2) is 0 Å². The molecule has 1 N–H and O–H groups in total. The normalized spacial score (nSPS) is 22.9. The minimum absolute atomic E-state index is 0.353. The van der Waals surface area contributed by atoms with Crippen molar-refractivity contribution in [2.45, 2.75) is 52.0 Å². The van der Waals surface area contributed by atoms with Crippen molar-refractivity contribution in [3.05, 3.63) is 53.3 Å². The Morgan fingerprint density at radius 1 is 1.00 bits per heavy atom. The van der Waals surface area contributed by atoms with Gasteiger partial charge >= 0.3 is 0 Å². The summed E-state index contributed by atoms with van der Waals surface area (Å²) < 4.78 is 13.4. The molecule has 0 unspecified atom stereocenters. The van der Waals surface area contributed by atoms with Crippen LogP contribution in [0, 0.1) is 19.8 Å². The molecule has 0 saturated heterocycles. The molecule has 0 spiro atoms. The summed E-state index contributed by atoms with van der Waals surface area (Å²) in [5.74, 6) is 3.14. The molecule has 1 saturated carbocycles. The van der Waals surface area contributed by atoms with E-state index < -0.39 is 0 Å². The van der Waals surface area contributed by atoms with Gasteiger partial charge in [-0.1, -0.05) is 25.1 Å². The van der Waals surface area contributed by atoms with E-state index >= 15 is 0 Å². The Hall–Kier alpha value is -3.09. The molecule has 3 aromatic rings. The second kappa shape index (κ2) is 7.87. The molecule has 0 bridgehead atoms. The molecule has 0 amide bonds. The van der Waals surface area contributed by atoms with Gasteiger partial charge in [0, 0.05) is 11.8 Å². The largest absolute Gasteiger partial charge is 0.486 e. The van der Waals surface area contributed by atoms with Crippen molar-refractivity contribution >= 4 is 5.69 Å². The molecule has 7 nitrogen and oxygen atoms in total. The molecular formula is C24H29N5O2. The summed E-state index contributed by atoms with van der Waals surface area (Å²) >= 11 is 0. The maximum absolute atomic E-state index is 5.81. The first-order valence-corrected chi connectivity index (χ1v) is 11.1. The third-order valence-electron chi connectivity index (χ3n) is 6.60. The van der Waals surface area contributed by atoms with Crippen LogP contribution in [-0.4, -0.2) is 33.4 Å². The van der Waals surface area contributed by atoms with E-state index in [-0.39, 0.29) is 5.54 Å². The van der Waals surface area contributed by atoms with Gasteiger partial charge in [0.25, 0.3) is 0 Å². The van der Waals surface area contributed by atoms with Crippen molar-refractivity contribution in [3.8, 4) is 17.2 Å². The summed E-state index contributed by atoms with van der Waals surface area (Å²) in [4.78, 5) is 0. The Morgan fingerprint density at radius 2 is 1.71 bits per heavy atom. The number of nitrogens with zero attached hydrogens (tertiary/aromatic N) is 4. The van der Waals surface area contributed by atoms with Gasteiger partial charge in [0.1, 0.15) is 13.2 Å². The fourth-order valence-electron chi connectivity index (χ4n) is 4.83. The number of fused-ring (bicyclic) bond motifs is 1. The number of tetrazole rings is 1. The lowest BCUT2D eigenvalue weighted by Gasteiger charge is -2.40. The van der Waals surface area contributed by atoms with E-state index in [4.69, 9.17) is 9.47 Å². The number of hydrogen-bond acceptors (Lipinski definition) is 6. The number of anilines is 1. The number of ether oxygens (including phenoxy) is 2. The van der Waals surface area contributed by atoms with Gasteiger partial charge in [0.15, 0.2) is 17.3 Å². The SMILES string of the molecule is Cc1cccc(C)c1-n1nnnc1C1(Nc2ccc3c(c2)OCCO3)CCC(C)CC1. The van der Waals surface area contributed by atoms with Crippen molar-refractivity contribution in [1.82, 2.24) is 20.2 Å². The van der Waals surface area contributed by atoms with E-state index in [1.165, 1.54) is 0 Å². The Bertz CT molecular complexity index is 1070. The lowest BCUT2D eigenvalue weighted by molar-refractivity contribution is 0.171. The first-order chi connectivity index (χ1) is 15.1. The Balaban J connectivity index is 1.57. The standard InChI is InChI=1S/C24H29N5O2/c1-16-9-11-24(12-10-16,25-19-7-8-20-21(15-19)31-14-13-30-20)23-26-27-28-29(23)22-17(2)5-4-6-18(22)3/h4-8,15-16,25H,9-14H2,1-3H3. The minimum atomic E-state index is -0.353. The Labute approximate surface area is 182 Å². The summed E-state index contributed by atoms with van der Waals surface area (Å²) in [6, 6.07) is 12.4. The Morgan fingerprint density at radius 3 is 2.45 bits per heavy atom. The summed E-state index contributed by atoms with van der Waals surface area (Å²) in [7, 11) is 0. The van der Waals surface area contributed by atoms with Crippen molar-refractivity contribution in [2.75, 3.05) is 18.5 Å². The van der Waals surface area contributed by atoms with Gasteiger partial charge in [-0.3, -0.25) is 0 Å². The number of nitrogens with one attached hydrogen (secondary N) is 1. The van der Waals surface area contributed by atoms with Crippen molar-refractivity contribution < 1.29 is 9.47 Å². The van der Waals surface area contributed by atoms with Crippen LogP contribution < -0.4 is 14.8 Å². The average molecular weight is 420 g/mol. The van der Waals surface area contributed by atoms with Crippen LogP contribution in [0.3, 0.4) is 0 Å². The molecule has 162 valence electrons. The van der Waals surface area contributed by atoms with Crippen molar-refractivity contribution in [2.24, 2.45) is 5.92 Å². The number of rotatable bonds is 4. The molecule has 31 heavy (non-hydrogen) atoms. The summed E-state index contributed by atoms with van der Waals surface area (Å²) in [5, 5.41) is 16.9. The number of aryl methyl sites for hydroxylation is 2. The quantitative estimate of drug-likeness (QED) is 0.668. The highest BCUT2D eigenvalue weighted by Crippen LogP contribution is 2.43. The number of hydrogen-bond donors (Lipinski definition) is 1. The molecule has 1 aliphatic carbocycles. The topological polar surface area (TPSA) is 74.1 Å². The summed E-state index contributed by atoms with van der Waals surface area (Å²) in [6.07, 6.45) is 4.18. The lowest BCUT2D eigenvalue weighted by atomic mass is 9.76. The van der Waals surface area contributed by atoms with E-state index in [0.29, 0.717) is 19.1 Å². The maximum atomic E-state index is 5.81. The van der Waals surface area contributed by atoms with Crippen LogP contribution in [0.15, 0.2) is 36.4 Å². The van der Waals surface area contributed by atoms with E-state index in [2.05, 4.69) is 65.9 Å². The predicted molar refractivity (Wildman–Crippen MR) is 119 cm³/mol. The molecular weight excluding hydrogens is 390 g/mol. The summed E-state index contributed by atoms with van der Waals surface area (Å²) in [5.41, 5.74) is 4.02. The van der Waals surface area contributed by atoms with Crippen LogP contribution >= 0.6 is 0 Å². The lowest BCUT2D eigenvalue weighted by Crippen LogP contribution is -2.41. The fraction of sp³-hybridized carbons (Fsp3) is 0.458. The highest BCUT2D eigenvalue weighted by molar-refractivity contribution is 5.57. The Kier molecular flexibility index (Phi) is 5.04. The second-order valence-electron chi connectivity index (χ2n) is 8.90. The van der Waals surface area contributed by atoms with Gasteiger partial charge < -0.3 is 14.8 Å². The zero-order valence-electron chi connectivity index (χ0n) is 18.4. The predicted octanol–water partition coefficient (Wildman–Crippen LogP) is 4.57. The van der Waals surface area contributed by atoms with Gasteiger partial charge in [-0.15, -0.1) is 5.10 Å². The molecule has 0 radical (unpaired) electrons.